The van der Waals surface area contributed by atoms with E-state index in [1.54, 1.807) is 7.11 Å². The lowest BCUT2D eigenvalue weighted by Gasteiger charge is -2.40. The molecule has 1 aromatic rings. The van der Waals surface area contributed by atoms with Gasteiger partial charge in [0.2, 0.25) is 5.91 Å². The summed E-state index contributed by atoms with van der Waals surface area (Å²) in [5.41, 5.74) is 1.39. The van der Waals surface area contributed by atoms with E-state index < -0.39 is 11.4 Å². The monoisotopic (exact) mass is 346 g/mol. The fraction of sp³-hybridized carbons (Fsp3) is 0.579. The topological polar surface area (TPSA) is 70.1 Å². The molecule has 6 nitrogen and oxygen atoms in total. The Bertz CT molecular complexity index is 648. The Balaban J connectivity index is 1.66. The first kappa shape index (κ1) is 17.9. The molecule has 2 heterocycles. The fourth-order valence-corrected chi connectivity index (χ4v) is 4.02. The van der Waals surface area contributed by atoms with Gasteiger partial charge in [0, 0.05) is 32.5 Å². The van der Waals surface area contributed by atoms with Gasteiger partial charge < -0.3 is 14.7 Å². The van der Waals surface area contributed by atoms with Gasteiger partial charge in [0.1, 0.15) is 0 Å². The van der Waals surface area contributed by atoms with Crippen LogP contribution >= 0.6 is 0 Å². The number of anilines is 1. The molecular formula is C19H26N2O4. The number of piperidine rings is 1. The van der Waals surface area contributed by atoms with Gasteiger partial charge in [-0.25, -0.2) is 0 Å². The van der Waals surface area contributed by atoms with E-state index in [0.717, 1.165) is 25.1 Å². The number of rotatable bonds is 6. The number of likely N-dealkylation sites (tertiary alicyclic amines) is 1. The molecule has 0 radical (unpaired) electrons. The van der Waals surface area contributed by atoms with Crippen molar-refractivity contribution in [1.29, 1.82) is 0 Å². The second-order valence-electron chi connectivity index (χ2n) is 7.07. The highest BCUT2D eigenvalue weighted by atomic mass is 16.5. The van der Waals surface area contributed by atoms with Crippen molar-refractivity contribution in [2.75, 3.05) is 44.8 Å². The fourth-order valence-electron chi connectivity index (χ4n) is 4.02. The average molecular weight is 346 g/mol. The zero-order chi connectivity index (χ0) is 17.9. The van der Waals surface area contributed by atoms with Crippen LogP contribution in [-0.2, 0) is 20.7 Å². The number of ether oxygens (including phenoxy) is 1. The zero-order valence-electron chi connectivity index (χ0n) is 14.7. The maximum atomic E-state index is 12.8. The molecule has 3 rings (SSSR count). The number of benzene rings is 1. The predicted octanol–water partition coefficient (Wildman–Crippen LogP) is 1.78. The lowest BCUT2D eigenvalue weighted by molar-refractivity contribution is -0.154. The van der Waals surface area contributed by atoms with Crippen molar-refractivity contribution in [2.24, 2.45) is 5.41 Å². The van der Waals surface area contributed by atoms with Crippen molar-refractivity contribution >= 4 is 17.6 Å². The number of nitrogens with zero attached hydrogens (tertiary/aromatic N) is 2. The highest BCUT2D eigenvalue weighted by Gasteiger charge is 2.42. The Morgan fingerprint density at radius 1 is 1.28 bits per heavy atom. The summed E-state index contributed by atoms with van der Waals surface area (Å²) in [6.45, 7) is 2.58. The standard InChI is InChI=1S/C19H26N2O4/c1-25-12-9-19(18(23)24)8-4-10-20(14-19)13-17(22)21-11-7-15-5-2-3-6-16(15)21/h2-3,5-6H,4,7-14H2,1H3,(H,23,24). The van der Waals surface area contributed by atoms with Crippen LogP contribution in [0.4, 0.5) is 5.69 Å². The third kappa shape index (κ3) is 3.70. The van der Waals surface area contributed by atoms with Crippen LogP contribution in [0, 0.1) is 5.41 Å². The molecule has 0 bridgehead atoms. The van der Waals surface area contributed by atoms with Crippen LogP contribution in [0.3, 0.4) is 0 Å². The van der Waals surface area contributed by atoms with E-state index in [1.807, 2.05) is 28.0 Å². The molecule has 2 aliphatic heterocycles. The Morgan fingerprint density at radius 3 is 2.84 bits per heavy atom. The number of hydrogen-bond acceptors (Lipinski definition) is 4. The first-order valence-corrected chi connectivity index (χ1v) is 8.89. The minimum Gasteiger partial charge on any atom is -0.481 e. The third-order valence-electron chi connectivity index (χ3n) is 5.44. The van der Waals surface area contributed by atoms with E-state index in [4.69, 9.17) is 4.74 Å². The molecule has 6 heteroatoms. The summed E-state index contributed by atoms with van der Waals surface area (Å²) in [4.78, 5) is 28.5. The summed E-state index contributed by atoms with van der Waals surface area (Å²) < 4.78 is 5.10. The number of para-hydroxylation sites is 1. The Labute approximate surface area is 148 Å². The van der Waals surface area contributed by atoms with Gasteiger partial charge in [-0.05, 0) is 43.9 Å². The second kappa shape index (κ2) is 7.54. The van der Waals surface area contributed by atoms with Crippen molar-refractivity contribution in [3.05, 3.63) is 29.8 Å². The number of carbonyl (C=O) groups excluding carboxylic acids is 1. The largest absolute Gasteiger partial charge is 0.481 e. The Morgan fingerprint density at radius 2 is 2.08 bits per heavy atom. The minimum atomic E-state index is -0.808. The molecule has 1 fully saturated rings. The van der Waals surface area contributed by atoms with Gasteiger partial charge in [-0.1, -0.05) is 18.2 Å². The van der Waals surface area contributed by atoms with E-state index in [9.17, 15) is 14.7 Å². The highest BCUT2D eigenvalue weighted by Crippen LogP contribution is 2.34. The number of aliphatic carboxylic acids is 1. The van der Waals surface area contributed by atoms with E-state index in [-0.39, 0.29) is 12.5 Å². The molecule has 1 aromatic carbocycles. The smallest absolute Gasteiger partial charge is 0.311 e. The van der Waals surface area contributed by atoms with Gasteiger partial charge in [0.25, 0.3) is 0 Å². The number of methoxy groups -OCH3 is 1. The molecule has 136 valence electrons. The number of carboxylic acids is 1. The van der Waals surface area contributed by atoms with Gasteiger partial charge >= 0.3 is 5.97 Å². The van der Waals surface area contributed by atoms with E-state index >= 15 is 0 Å². The molecular weight excluding hydrogens is 320 g/mol. The molecule has 0 aliphatic carbocycles. The number of carboxylic acid groups (broad SMARTS) is 1. The minimum absolute atomic E-state index is 0.0536. The summed E-state index contributed by atoms with van der Waals surface area (Å²) in [6.07, 6.45) is 2.80. The second-order valence-corrected chi connectivity index (χ2v) is 7.07. The highest BCUT2D eigenvalue weighted by molar-refractivity contribution is 5.96. The quantitative estimate of drug-likeness (QED) is 0.850. The lowest BCUT2D eigenvalue weighted by Crippen LogP contribution is -2.51. The molecule has 1 saturated heterocycles. The van der Waals surface area contributed by atoms with Crippen molar-refractivity contribution in [2.45, 2.75) is 25.7 Å². The summed E-state index contributed by atoms with van der Waals surface area (Å²) in [5, 5.41) is 9.73. The van der Waals surface area contributed by atoms with Gasteiger partial charge in [-0.2, -0.15) is 0 Å². The van der Waals surface area contributed by atoms with Crippen molar-refractivity contribution < 1.29 is 19.4 Å². The van der Waals surface area contributed by atoms with Gasteiger partial charge in [0.15, 0.2) is 0 Å². The molecule has 25 heavy (non-hydrogen) atoms. The van der Waals surface area contributed by atoms with Gasteiger partial charge in [-0.3, -0.25) is 14.5 Å². The Kier molecular flexibility index (Phi) is 5.39. The average Bonchev–Trinajstić information content (AvgIpc) is 3.04. The number of amides is 1. The molecule has 1 unspecified atom stereocenters. The first-order chi connectivity index (χ1) is 12.1. The summed E-state index contributed by atoms with van der Waals surface area (Å²) in [7, 11) is 1.59. The first-order valence-electron chi connectivity index (χ1n) is 8.89. The van der Waals surface area contributed by atoms with Crippen LogP contribution in [-0.4, -0.2) is 61.8 Å². The normalized spacial score (nSPS) is 23.5. The number of fused-ring (bicyclic) bond motifs is 1. The molecule has 1 amide bonds. The van der Waals surface area contributed by atoms with Gasteiger partial charge in [0.05, 0.1) is 12.0 Å². The van der Waals surface area contributed by atoms with Crippen LogP contribution in [0.5, 0.6) is 0 Å². The molecule has 0 saturated carbocycles. The number of carbonyl (C=O) groups is 2. The molecule has 1 N–H and O–H groups in total. The van der Waals surface area contributed by atoms with Crippen LogP contribution in [0.2, 0.25) is 0 Å². The number of hydrogen-bond donors (Lipinski definition) is 1. The maximum absolute atomic E-state index is 12.8. The van der Waals surface area contributed by atoms with Crippen LogP contribution < -0.4 is 4.90 Å². The van der Waals surface area contributed by atoms with Gasteiger partial charge in [-0.15, -0.1) is 0 Å². The van der Waals surface area contributed by atoms with E-state index in [0.29, 0.717) is 32.5 Å². The van der Waals surface area contributed by atoms with Crippen molar-refractivity contribution in [3.8, 4) is 0 Å². The third-order valence-corrected chi connectivity index (χ3v) is 5.44. The van der Waals surface area contributed by atoms with Crippen LogP contribution in [0.25, 0.3) is 0 Å². The summed E-state index contributed by atoms with van der Waals surface area (Å²) in [6, 6.07) is 7.99. The predicted molar refractivity (Wildman–Crippen MR) is 94.7 cm³/mol. The lowest BCUT2D eigenvalue weighted by atomic mass is 9.77. The van der Waals surface area contributed by atoms with Crippen molar-refractivity contribution in [1.82, 2.24) is 4.90 Å². The zero-order valence-corrected chi connectivity index (χ0v) is 14.7. The maximum Gasteiger partial charge on any atom is 0.311 e. The summed E-state index contributed by atoms with van der Waals surface area (Å²) >= 11 is 0. The molecule has 0 spiro atoms. The molecule has 2 aliphatic rings. The molecule has 0 aromatic heterocycles. The SMILES string of the molecule is COCCC1(C(=O)O)CCCN(CC(=O)N2CCc3ccccc32)C1. The van der Waals surface area contributed by atoms with Crippen LogP contribution in [0.1, 0.15) is 24.8 Å². The van der Waals surface area contributed by atoms with Crippen molar-refractivity contribution in [3.63, 3.8) is 0 Å². The molecule has 1 atom stereocenters. The van der Waals surface area contributed by atoms with E-state index in [1.165, 1.54) is 5.56 Å². The van der Waals surface area contributed by atoms with E-state index in [2.05, 4.69) is 6.07 Å². The Hall–Kier alpha value is -1.92. The summed E-state index contributed by atoms with van der Waals surface area (Å²) in [5.74, 6) is -0.730. The van der Waals surface area contributed by atoms with Crippen LogP contribution in [0.15, 0.2) is 24.3 Å².